The fraction of sp³-hybridized carbons (Fsp3) is 0.800. The van der Waals surface area contributed by atoms with Crippen LogP contribution >= 0.6 is 0 Å². The Kier molecular flexibility index (Phi) is 8.29. The van der Waals surface area contributed by atoms with E-state index in [2.05, 4.69) is 6.08 Å². The van der Waals surface area contributed by atoms with Crippen molar-refractivity contribution >= 4 is 11.8 Å². The first kappa shape index (κ1) is 21.8. The topological polar surface area (TPSA) is 83.8 Å². The lowest BCUT2D eigenvalue weighted by molar-refractivity contribution is -0.151. The maximum atomic E-state index is 12.8. The Hall–Kier alpha value is -1.20. The number of aliphatic hydroxyl groups excluding tert-OH is 2. The van der Waals surface area contributed by atoms with Gasteiger partial charge in [0.2, 0.25) is 0 Å². The van der Waals surface area contributed by atoms with Gasteiger partial charge in [-0.05, 0) is 38.5 Å². The Labute approximate surface area is 151 Å². The number of rotatable bonds is 0. The van der Waals surface area contributed by atoms with Crippen LogP contribution in [0.15, 0.2) is 11.6 Å². The summed E-state index contributed by atoms with van der Waals surface area (Å²) in [5.74, 6) is -1.33. The standard InChI is InChI=1S/C20H34O5/c1-13-8-6-10-14(2)18(23)15(3)19(24)20(4,5)16(21)12-17(22)25-11-7-9-13/h9,14-16,18,21,23H,6-8,10-12H2,1-5H3/b13-9+. The molecular formula is C20H34O5. The zero-order valence-electron chi connectivity index (χ0n) is 16.2. The van der Waals surface area contributed by atoms with Crippen LogP contribution in [-0.2, 0) is 14.3 Å². The van der Waals surface area contributed by atoms with Gasteiger partial charge in [-0.3, -0.25) is 9.59 Å². The zero-order valence-corrected chi connectivity index (χ0v) is 16.2. The van der Waals surface area contributed by atoms with E-state index in [1.165, 1.54) is 5.57 Å². The summed E-state index contributed by atoms with van der Waals surface area (Å²) in [6, 6.07) is 0. The molecule has 1 rings (SSSR count). The monoisotopic (exact) mass is 354 g/mol. The highest BCUT2D eigenvalue weighted by Gasteiger charge is 2.42. The van der Waals surface area contributed by atoms with E-state index >= 15 is 0 Å². The van der Waals surface area contributed by atoms with E-state index in [0.29, 0.717) is 6.42 Å². The van der Waals surface area contributed by atoms with Crippen molar-refractivity contribution in [1.82, 2.24) is 0 Å². The summed E-state index contributed by atoms with van der Waals surface area (Å²) in [7, 11) is 0. The number of aliphatic hydroxyl groups is 2. The third-order valence-corrected chi connectivity index (χ3v) is 5.44. The minimum atomic E-state index is -1.14. The number of ether oxygens (including phenoxy) is 1. The van der Waals surface area contributed by atoms with Gasteiger partial charge >= 0.3 is 5.97 Å². The van der Waals surface area contributed by atoms with Crippen molar-refractivity contribution in [3.05, 3.63) is 11.6 Å². The molecule has 144 valence electrons. The van der Waals surface area contributed by atoms with Crippen molar-refractivity contribution < 1.29 is 24.5 Å². The molecule has 0 bridgehead atoms. The molecule has 4 unspecified atom stereocenters. The Morgan fingerprint density at radius 1 is 1.20 bits per heavy atom. The predicted octanol–water partition coefficient (Wildman–Crippen LogP) is 3.03. The highest BCUT2D eigenvalue weighted by atomic mass is 16.5. The molecular weight excluding hydrogens is 320 g/mol. The first-order chi connectivity index (χ1) is 11.6. The van der Waals surface area contributed by atoms with Crippen LogP contribution in [0.5, 0.6) is 0 Å². The quantitative estimate of drug-likeness (QED) is 0.516. The molecule has 1 aliphatic heterocycles. The third-order valence-electron chi connectivity index (χ3n) is 5.44. The zero-order chi connectivity index (χ0) is 19.2. The highest BCUT2D eigenvalue weighted by Crippen LogP contribution is 2.31. The van der Waals surface area contributed by atoms with Crippen LogP contribution in [0.1, 0.15) is 66.7 Å². The molecule has 1 aliphatic rings. The minimum Gasteiger partial charge on any atom is -0.465 e. The average Bonchev–Trinajstić information content (AvgIpc) is 2.55. The van der Waals surface area contributed by atoms with E-state index < -0.39 is 29.5 Å². The lowest BCUT2D eigenvalue weighted by atomic mass is 9.73. The molecule has 0 saturated carbocycles. The Bertz CT molecular complexity index is 494. The normalized spacial score (nSPS) is 35.6. The molecule has 5 nitrogen and oxygen atoms in total. The lowest BCUT2D eigenvalue weighted by Crippen LogP contribution is -2.45. The summed E-state index contributed by atoms with van der Waals surface area (Å²) < 4.78 is 5.15. The van der Waals surface area contributed by atoms with Crippen molar-refractivity contribution in [2.45, 2.75) is 78.9 Å². The molecule has 0 fully saturated rings. The maximum Gasteiger partial charge on any atom is 0.308 e. The van der Waals surface area contributed by atoms with Crippen LogP contribution in [0, 0.1) is 17.3 Å². The molecule has 0 amide bonds. The Balaban J connectivity index is 2.97. The highest BCUT2D eigenvalue weighted by molar-refractivity contribution is 5.87. The minimum absolute atomic E-state index is 0.00226. The van der Waals surface area contributed by atoms with Gasteiger partial charge in [0.15, 0.2) is 0 Å². The Morgan fingerprint density at radius 3 is 2.48 bits per heavy atom. The van der Waals surface area contributed by atoms with Crippen LogP contribution in [0.2, 0.25) is 0 Å². The van der Waals surface area contributed by atoms with E-state index in [0.717, 1.165) is 19.3 Å². The van der Waals surface area contributed by atoms with Gasteiger partial charge in [-0.25, -0.2) is 0 Å². The number of carbonyl (C=O) groups excluding carboxylic acids is 2. The van der Waals surface area contributed by atoms with Gasteiger partial charge in [-0.15, -0.1) is 0 Å². The van der Waals surface area contributed by atoms with Crippen LogP contribution in [0.4, 0.5) is 0 Å². The molecule has 5 heteroatoms. The van der Waals surface area contributed by atoms with Gasteiger partial charge in [-0.1, -0.05) is 39.3 Å². The fourth-order valence-electron chi connectivity index (χ4n) is 3.32. The van der Waals surface area contributed by atoms with Crippen molar-refractivity contribution in [2.75, 3.05) is 6.61 Å². The number of carbonyl (C=O) groups is 2. The molecule has 0 aliphatic carbocycles. The predicted molar refractivity (Wildman–Crippen MR) is 96.9 cm³/mol. The second kappa shape index (κ2) is 9.48. The molecule has 1 heterocycles. The van der Waals surface area contributed by atoms with Gasteiger partial charge < -0.3 is 14.9 Å². The Morgan fingerprint density at radius 2 is 1.84 bits per heavy atom. The number of hydrogen-bond donors (Lipinski definition) is 2. The number of hydrogen-bond acceptors (Lipinski definition) is 5. The van der Waals surface area contributed by atoms with Gasteiger partial charge in [0.1, 0.15) is 5.78 Å². The van der Waals surface area contributed by atoms with Crippen LogP contribution in [0.25, 0.3) is 0 Å². The molecule has 0 saturated heterocycles. The number of Topliss-reactive ketones (excluding diaryl/α,β-unsaturated/α-hetero) is 1. The van der Waals surface area contributed by atoms with Gasteiger partial charge in [0.05, 0.1) is 30.7 Å². The number of esters is 1. The van der Waals surface area contributed by atoms with Crippen molar-refractivity contribution in [3.8, 4) is 0 Å². The summed E-state index contributed by atoms with van der Waals surface area (Å²) in [4.78, 5) is 24.7. The molecule has 2 N–H and O–H groups in total. The van der Waals surface area contributed by atoms with Gasteiger partial charge in [0.25, 0.3) is 0 Å². The van der Waals surface area contributed by atoms with Crippen molar-refractivity contribution in [3.63, 3.8) is 0 Å². The van der Waals surface area contributed by atoms with E-state index in [9.17, 15) is 19.8 Å². The lowest BCUT2D eigenvalue weighted by Gasteiger charge is -2.34. The largest absolute Gasteiger partial charge is 0.465 e. The van der Waals surface area contributed by atoms with Crippen LogP contribution in [-0.4, -0.2) is 40.8 Å². The summed E-state index contributed by atoms with van der Waals surface area (Å²) in [5.41, 5.74) is 0.113. The van der Waals surface area contributed by atoms with Crippen molar-refractivity contribution in [1.29, 1.82) is 0 Å². The number of allylic oxidation sites excluding steroid dienone is 1. The SMILES string of the molecule is C/C1=C\CCOC(=O)CC(O)C(C)(C)C(=O)C(C)C(O)C(C)CCC1. The molecule has 25 heavy (non-hydrogen) atoms. The second-order valence-electron chi connectivity index (χ2n) is 8.01. The van der Waals surface area contributed by atoms with Crippen molar-refractivity contribution in [2.24, 2.45) is 17.3 Å². The number of cyclic esters (lactones) is 1. The molecule has 0 aromatic heterocycles. The van der Waals surface area contributed by atoms with E-state index in [-0.39, 0.29) is 24.7 Å². The maximum absolute atomic E-state index is 12.8. The second-order valence-corrected chi connectivity index (χ2v) is 8.01. The van der Waals surface area contributed by atoms with E-state index in [4.69, 9.17) is 4.74 Å². The van der Waals surface area contributed by atoms with Gasteiger partial charge in [0, 0.05) is 5.92 Å². The first-order valence-corrected chi connectivity index (χ1v) is 9.29. The molecule has 0 aromatic carbocycles. The average molecular weight is 354 g/mol. The molecule has 4 atom stereocenters. The molecule has 0 radical (unpaired) electrons. The van der Waals surface area contributed by atoms with E-state index in [1.807, 2.05) is 13.8 Å². The smallest absolute Gasteiger partial charge is 0.308 e. The van der Waals surface area contributed by atoms with Crippen LogP contribution < -0.4 is 0 Å². The number of ketones is 1. The third kappa shape index (κ3) is 6.23. The molecule has 0 aromatic rings. The van der Waals surface area contributed by atoms with E-state index in [1.54, 1.807) is 20.8 Å². The summed E-state index contributed by atoms with van der Waals surface area (Å²) in [6.07, 6.45) is 3.29. The molecule has 0 spiro atoms. The fourth-order valence-corrected chi connectivity index (χ4v) is 3.32. The summed E-state index contributed by atoms with van der Waals surface area (Å²) in [5, 5.41) is 20.9. The summed E-state index contributed by atoms with van der Waals surface area (Å²) in [6.45, 7) is 9.22. The van der Waals surface area contributed by atoms with Gasteiger partial charge in [-0.2, -0.15) is 0 Å². The summed E-state index contributed by atoms with van der Waals surface area (Å²) >= 11 is 0. The van der Waals surface area contributed by atoms with Crippen LogP contribution in [0.3, 0.4) is 0 Å². The first-order valence-electron chi connectivity index (χ1n) is 9.29.